The maximum atomic E-state index is 6.11. The van der Waals surface area contributed by atoms with E-state index in [-0.39, 0.29) is 5.41 Å². The van der Waals surface area contributed by atoms with E-state index in [1.165, 1.54) is 30.4 Å². The molecular formula is C16H26N2. The van der Waals surface area contributed by atoms with Crippen LogP contribution in [0.3, 0.4) is 0 Å². The highest BCUT2D eigenvalue weighted by Crippen LogP contribution is 2.26. The number of benzene rings is 1. The van der Waals surface area contributed by atoms with Crippen molar-refractivity contribution < 1.29 is 0 Å². The summed E-state index contributed by atoms with van der Waals surface area (Å²) in [5.74, 6) is 0. The second kappa shape index (κ2) is 5.41. The van der Waals surface area contributed by atoms with Crippen molar-refractivity contribution in [3.8, 4) is 0 Å². The van der Waals surface area contributed by atoms with Crippen LogP contribution in [0.25, 0.3) is 0 Å². The van der Waals surface area contributed by atoms with Crippen LogP contribution in [0, 0.1) is 6.92 Å². The Balaban J connectivity index is 2.01. The first kappa shape index (κ1) is 13.6. The summed E-state index contributed by atoms with van der Waals surface area (Å²) in [6, 6.07) is 9.52. The molecule has 2 nitrogen and oxygen atoms in total. The molecule has 0 aromatic heterocycles. The van der Waals surface area contributed by atoms with Gasteiger partial charge in [-0.1, -0.05) is 44.5 Å². The Labute approximate surface area is 111 Å². The van der Waals surface area contributed by atoms with E-state index in [2.05, 4.69) is 50.4 Å². The zero-order chi connectivity index (χ0) is 13.2. The largest absolute Gasteiger partial charge is 0.326 e. The number of hydrogen-bond acceptors (Lipinski definition) is 2. The molecule has 0 spiro atoms. The summed E-state index contributed by atoms with van der Waals surface area (Å²) >= 11 is 0. The first-order valence-corrected chi connectivity index (χ1v) is 7.06. The van der Waals surface area contributed by atoms with E-state index in [0.29, 0.717) is 12.1 Å². The zero-order valence-corrected chi connectivity index (χ0v) is 11.9. The van der Waals surface area contributed by atoms with Gasteiger partial charge in [0.15, 0.2) is 0 Å². The van der Waals surface area contributed by atoms with E-state index in [1.807, 2.05) is 0 Å². The van der Waals surface area contributed by atoms with Crippen molar-refractivity contribution in [2.45, 2.75) is 57.5 Å². The van der Waals surface area contributed by atoms with Gasteiger partial charge in [0.25, 0.3) is 0 Å². The molecular weight excluding hydrogens is 220 g/mol. The molecule has 0 saturated heterocycles. The highest BCUT2D eigenvalue weighted by atomic mass is 15.0. The van der Waals surface area contributed by atoms with E-state index >= 15 is 0 Å². The van der Waals surface area contributed by atoms with Crippen molar-refractivity contribution in [3.63, 3.8) is 0 Å². The van der Waals surface area contributed by atoms with Crippen LogP contribution in [0.5, 0.6) is 0 Å². The molecule has 0 heterocycles. The number of rotatable bonds is 4. The van der Waals surface area contributed by atoms with Gasteiger partial charge in [0.2, 0.25) is 0 Å². The third kappa shape index (κ3) is 2.93. The van der Waals surface area contributed by atoms with E-state index in [4.69, 9.17) is 5.73 Å². The lowest BCUT2D eigenvalue weighted by atomic mass is 9.82. The Hall–Kier alpha value is -0.860. The molecule has 3 N–H and O–H groups in total. The molecule has 0 bridgehead atoms. The first-order valence-electron chi connectivity index (χ1n) is 7.06. The van der Waals surface area contributed by atoms with Crippen LogP contribution in [0.4, 0.5) is 0 Å². The average Bonchev–Trinajstić information content (AvgIpc) is 2.73. The minimum atomic E-state index is 0.160. The van der Waals surface area contributed by atoms with Gasteiger partial charge in [-0.25, -0.2) is 0 Å². The van der Waals surface area contributed by atoms with Crippen LogP contribution < -0.4 is 11.1 Å². The standard InChI is InChI=1S/C16H26N2/c1-12-7-4-5-8-13(12)16(2,3)11-18-15-10-6-9-14(15)17/h4-5,7-8,14-15,18H,6,9-11,17H2,1-3H3. The highest BCUT2D eigenvalue weighted by molar-refractivity contribution is 5.32. The van der Waals surface area contributed by atoms with E-state index in [9.17, 15) is 0 Å². The van der Waals surface area contributed by atoms with Crippen LogP contribution in [-0.2, 0) is 5.41 Å². The Morgan fingerprint density at radius 1 is 1.28 bits per heavy atom. The monoisotopic (exact) mass is 246 g/mol. The van der Waals surface area contributed by atoms with Gasteiger partial charge in [-0.2, -0.15) is 0 Å². The normalized spacial score (nSPS) is 24.4. The Bertz CT molecular complexity index is 398. The minimum Gasteiger partial charge on any atom is -0.326 e. The van der Waals surface area contributed by atoms with Crippen LogP contribution >= 0.6 is 0 Å². The minimum absolute atomic E-state index is 0.160. The smallest absolute Gasteiger partial charge is 0.0219 e. The summed E-state index contributed by atoms with van der Waals surface area (Å²) in [6.07, 6.45) is 3.66. The maximum Gasteiger partial charge on any atom is 0.0219 e. The lowest BCUT2D eigenvalue weighted by molar-refractivity contribution is 0.399. The Morgan fingerprint density at radius 2 is 2.00 bits per heavy atom. The Morgan fingerprint density at radius 3 is 2.61 bits per heavy atom. The van der Waals surface area contributed by atoms with Crippen molar-refractivity contribution in [2.24, 2.45) is 5.73 Å². The molecule has 1 aliphatic carbocycles. The van der Waals surface area contributed by atoms with Crippen LogP contribution in [0.15, 0.2) is 24.3 Å². The van der Waals surface area contributed by atoms with Gasteiger partial charge in [-0.15, -0.1) is 0 Å². The van der Waals surface area contributed by atoms with Crippen molar-refractivity contribution in [3.05, 3.63) is 35.4 Å². The number of aryl methyl sites for hydroxylation is 1. The molecule has 18 heavy (non-hydrogen) atoms. The van der Waals surface area contributed by atoms with Gasteiger partial charge in [-0.3, -0.25) is 0 Å². The number of hydrogen-bond donors (Lipinski definition) is 2. The van der Waals surface area contributed by atoms with E-state index < -0.39 is 0 Å². The third-order valence-corrected chi connectivity index (χ3v) is 4.25. The number of nitrogens with one attached hydrogen (secondary N) is 1. The molecule has 1 aromatic carbocycles. The lowest BCUT2D eigenvalue weighted by Crippen LogP contribution is -2.45. The summed E-state index contributed by atoms with van der Waals surface area (Å²) in [6.45, 7) is 7.81. The zero-order valence-electron chi connectivity index (χ0n) is 11.9. The summed E-state index contributed by atoms with van der Waals surface area (Å²) in [7, 11) is 0. The molecule has 2 rings (SSSR count). The Kier molecular flexibility index (Phi) is 4.08. The van der Waals surface area contributed by atoms with Gasteiger partial charge in [-0.05, 0) is 30.9 Å². The van der Waals surface area contributed by atoms with Gasteiger partial charge in [0.1, 0.15) is 0 Å². The maximum absolute atomic E-state index is 6.11. The lowest BCUT2D eigenvalue weighted by Gasteiger charge is -2.30. The second-order valence-electron chi connectivity index (χ2n) is 6.28. The van der Waals surface area contributed by atoms with Gasteiger partial charge < -0.3 is 11.1 Å². The third-order valence-electron chi connectivity index (χ3n) is 4.25. The quantitative estimate of drug-likeness (QED) is 0.857. The van der Waals surface area contributed by atoms with Crippen molar-refractivity contribution in [1.29, 1.82) is 0 Å². The van der Waals surface area contributed by atoms with Crippen LogP contribution in [0.1, 0.15) is 44.2 Å². The second-order valence-corrected chi connectivity index (χ2v) is 6.28. The summed E-state index contributed by atoms with van der Waals surface area (Å²) < 4.78 is 0. The fourth-order valence-corrected chi connectivity index (χ4v) is 3.06. The van der Waals surface area contributed by atoms with Gasteiger partial charge in [0, 0.05) is 24.0 Å². The first-order chi connectivity index (χ1) is 8.50. The van der Waals surface area contributed by atoms with Gasteiger partial charge in [0.05, 0.1) is 0 Å². The molecule has 0 aliphatic heterocycles. The SMILES string of the molecule is Cc1ccccc1C(C)(C)CNC1CCCC1N. The predicted octanol–water partition coefficient (Wildman–Crippen LogP) is 2.74. The van der Waals surface area contributed by atoms with Gasteiger partial charge >= 0.3 is 0 Å². The van der Waals surface area contributed by atoms with E-state index in [0.717, 1.165) is 6.54 Å². The topological polar surface area (TPSA) is 38.0 Å². The van der Waals surface area contributed by atoms with Crippen molar-refractivity contribution >= 4 is 0 Å². The molecule has 1 saturated carbocycles. The van der Waals surface area contributed by atoms with E-state index in [1.54, 1.807) is 0 Å². The molecule has 1 fully saturated rings. The molecule has 100 valence electrons. The molecule has 1 aliphatic rings. The van der Waals surface area contributed by atoms with Crippen LogP contribution in [-0.4, -0.2) is 18.6 Å². The summed E-state index contributed by atoms with van der Waals surface area (Å²) in [5, 5.41) is 3.67. The fraction of sp³-hybridized carbons (Fsp3) is 0.625. The average molecular weight is 246 g/mol. The number of nitrogens with two attached hydrogens (primary N) is 1. The molecule has 1 aromatic rings. The van der Waals surface area contributed by atoms with Crippen molar-refractivity contribution in [2.75, 3.05) is 6.54 Å². The molecule has 0 radical (unpaired) electrons. The molecule has 2 unspecified atom stereocenters. The predicted molar refractivity (Wildman–Crippen MR) is 77.8 cm³/mol. The van der Waals surface area contributed by atoms with Crippen molar-refractivity contribution in [1.82, 2.24) is 5.32 Å². The summed E-state index contributed by atoms with van der Waals surface area (Å²) in [4.78, 5) is 0. The molecule has 0 amide bonds. The van der Waals surface area contributed by atoms with Crippen LogP contribution in [0.2, 0.25) is 0 Å². The summed E-state index contributed by atoms with van der Waals surface area (Å²) in [5.41, 5.74) is 9.08. The fourth-order valence-electron chi connectivity index (χ4n) is 3.06. The highest BCUT2D eigenvalue weighted by Gasteiger charge is 2.27. The molecule has 2 atom stereocenters. The molecule has 2 heteroatoms.